The van der Waals surface area contributed by atoms with E-state index in [1.165, 1.54) is 0 Å². The van der Waals surface area contributed by atoms with Crippen LogP contribution in [0.4, 0.5) is 0 Å². The van der Waals surface area contributed by atoms with Crippen LogP contribution in [0.5, 0.6) is 0 Å². The van der Waals surface area contributed by atoms with E-state index in [9.17, 15) is 13.2 Å². The van der Waals surface area contributed by atoms with Gasteiger partial charge in [-0.2, -0.15) is 12.8 Å². The molecule has 0 radical (unpaired) electrons. The van der Waals surface area contributed by atoms with Crippen molar-refractivity contribution in [3.05, 3.63) is 35.4 Å². The van der Waals surface area contributed by atoms with Gasteiger partial charge in [0.05, 0.1) is 6.54 Å². The highest BCUT2D eigenvalue weighted by molar-refractivity contribution is 7.61. The number of hydrogen-bond acceptors (Lipinski definition) is 4. The molecule has 0 bridgehead atoms. The van der Waals surface area contributed by atoms with Crippen molar-refractivity contribution in [2.75, 3.05) is 0 Å². The molecule has 0 aromatic heterocycles. The van der Waals surface area contributed by atoms with Crippen LogP contribution in [0, 0.1) is 0 Å². The molecule has 68 valence electrons. The molecule has 1 aromatic rings. The van der Waals surface area contributed by atoms with Crippen LogP contribution in [-0.2, 0) is 17.0 Å². The number of carbonyl (C=O) groups excluding carboxylic acids is 1. The average Bonchev–Trinajstić information content (AvgIpc) is 2.15. The maximum atomic E-state index is 10.3. The molecule has 0 saturated heterocycles. The summed E-state index contributed by atoms with van der Waals surface area (Å²) in [6.45, 7) is 0.0811. The summed E-state index contributed by atoms with van der Waals surface area (Å²) in [6.07, 6.45) is 0.706. The molecule has 0 spiro atoms. The van der Waals surface area contributed by atoms with Crippen LogP contribution < -0.4 is 0 Å². The molecule has 5 heteroatoms. The highest BCUT2D eigenvalue weighted by Gasteiger charge is 1.93. The van der Waals surface area contributed by atoms with E-state index in [0.29, 0.717) is 17.4 Å². The summed E-state index contributed by atoms with van der Waals surface area (Å²) in [5, 5.41) is 0. The summed E-state index contributed by atoms with van der Waals surface area (Å²) in [5.41, 5.74) is 1.22. The third-order valence-corrected chi connectivity index (χ3v) is 1.78. The zero-order valence-electron chi connectivity index (χ0n) is 6.67. The molecule has 0 aliphatic rings. The first-order chi connectivity index (χ1) is 6.22. The fraction of sp³-hybridized carbons (Fsp3) is 0.125. The van der Waals surface area contributed by atoms with E-state index in [1.54, 1.807) is 24.3 Å². The first kappa shape index (κ1) is 9.60. The van der Waals surface area contributed by atoms with Gasteiger partial charge in [-0.1, -0.05) is 18.2 Å². The first-order valence-electron chi connectivity index (χ1n) is 3.53. The van der Waals surface area contributed by atoms with E-state index in [-0.39, 0.29) is 6.54 Å². The van der Waals surface area contributed by atoms with Crippen molar-refractivity contribution in [1.29, 1.82) is 0 Å². The maximum absolute atomic E-state index is 10.3. The fourth-order valence-corrected chi connectivity index (χ4v) is 1.15. The van der Waals surface area contributed by atoms with Gasteiger partial charge in [-0.25, -0.2) is 0 Å². The normalized spacial score (nSPS) is 9.23. The first-order valence-corrected chi connectivity index (χ1v) is 4.56. The summed E-state index contributed by atoms with van der Waals surface area (Å²) in [6, 6.07) is 6.64. The third-order valence-electron chi connectivity index (χ3n) is 1.44. The minimum Gasteiger partial charge on any atom is -0.298 e. The van der Waals surface area contributed by atoms with Crippen LogP contribution in [0.2, 0.25) is 0 Å². The topological polar surface area (TPSA) is 63.6 Å². The van der Waals surface area contributed by atoms with Crippen LogP contribution in [0.3, 0.4) is 0 Å². The predicted octanol–water partition coefficient (Wildman–Crippen LogP) is 1.06. The van der Waals surface area contributed by atoms with Gasteiger partial charge in [0.15, 0.2) is 0 Å². The molecule has 0 amide bonds. The standard InChI is InChI=1S/C8H7NO3S/c10-6-8-3-1-2-7(4-8)5-9-13(11)12/h1-4,6H,5H2. The van der Waals surface area contributed by atoms with Crippen LogP contribution in [0.15, 0.2) is 28.6 Å². The second-order valence-corrected chi connectivity index (χ2v) is 3.06. The molecule has 0 aliphatic carbocycles. The second-order valence-electron chi connectivity index (χ2n) is 2.37. The largest absolute Gasteiger partial charge is 0.311 e. The summed E-state index contributed by atoms with van der Waals surface area (Å²) in [7, 11) is -2.39. The Bertz CT molecular complexity index is 428. The minimum absolute atomic E-state index is 0.0811. The highest BCUT2D eigenvalue weighted by atomic mass is 32.2. The number of rotatable bonds is 3. The van der Waals surface area contributed by atoms with Crippen molar-refractivity contribution >= 4 is 16.8 Å². The Morgan fingerprint density at radius 1 is 1.38 bits per heavy atom. The zero-order chi connectivity index (χ0) is 9.68. The lowest BCUT2D eigenvalue weighted by molar-refractivity contribution is 0.112. The Labute approximate surface area is 76.9 Å². The molecule has 13 heavy (non-hydrogen) atoms. The lowest BCUT2D eigenvalue weighted by Crippen LogP contribution is -1.84. The average molecular weight is 197 g/mol. The van der Waals surface area contributed by atoms with Crippen molar-refractivity contribution in [3.63, 3.8) is 0 Å². The molecular weight excluding hydrogens is 190 g/mol. The molecule has 0 aliphatic heterocycles. The van der Waals surface area contributed by atoms with Crippen LogP contribution >= 0.6 is 0 Å². The molecule has 0 saturated carbocycles. The smallest absolute Gasteiger partial charge is 0.298 e. The minimum atomic E-state index is -2.39. The van der Waals surface area contributed by atoms with Gasteiger partial charge in [-0.05, 0) is 11.6 Å². The summed E-state index contributed by atoms with van der Waals surface area (Å²) in [4.78, 5) is 10.3. The molecule has 1 aromatic carbocycles. The Balaban J connectivity index is 2.89. The van der Waals surface area contributed by atoms with E-state index < -0.39 is 10.5 Å². The Kier molecular flexibility index (Phi) is 3.33. The lowest BCUT2D eigenvalue weighted by Gasteiger charge is -1.94. The number of carbonyl (C=O) groups is 1. The molecule has 1 rings (SSSR count). The Morgan fingerprint density at radius 3 is 2.77 bits per heavy atom. The third kappa shape index (κ3) is 3.16. The fourth-order valence-electron chi connectivity index (χ4n) is 0.892. The van der Waals surface area contributed by atoms with Crippen LogP contribution in [-0.4, -0.2) is 14.7 Å². The summed E-state index contributed by atoms with van der Waals surface area (Å²) in [5.74, 6) is 0. The van der Waals surface area contributed by atoms with Crippen molar-refractivity contribution < 1.29 is 13.2 Å². The number of benzene rings is 1. The molecule has 0 fully saturated rings. The molecule has 0 heterocycles. The monoisotopic (exact) mass is 197 g/mol. The predicted molar refractivity (Wildman–Crippen MR) is 46.9 cm³/mol. The summed E-state index contributed by atoms with van der Waals surface area (Å²) >= 11 is 0. The van der Waals surface area contributed by atoms with E-state index in [1.807, 2.05) is 0 Å². The number of aldehydes is 1. The second kappa shape index (κ2) is 4.51. The lowest BCUT2D eigenvalue weighted by atomic mass is 10.1. The summed E-state index contributed by atoms with van der Waals surface area (Å²) < 4.78 is 23.5. The quantitative estimate of drug-likeness (QED) is 0.680. The number of nitrogens with zero attached hydrogens (tertiary/aromatic N) is 1. The van der Waals surface area contributed by atoms with Gasteiger partial charge in [-0.3, -0.25) is 4.79 Å². The molecule has 0 unspecified atom stereocenters. The van der Waals surface area contributed by atoms with Gasteiger partial charge < -0.3 is 0 Å². The Hall–Kier alpha value is -1.49. The molecule has 4 nitrogen and oxygen atoms in total. The Morgan fingerprint density at radius 2 is 2.15 bits per heavy atom. The van der Waals surface area contributed by atoms with Gasteiger partial charge in [0.1, 0.15) is 6.29 Å². The molecule has 0 atom stereocenters. The van der Waals surface area contributed by atoms with E-state index >= 15 is 0 Å². The molecular formula is C8H7NO3S. The van der Waals surface area contributed by atoms with E-state index in [2.05, 4.69) is 4.36 Å². The van der Waals surface area contributed by atoms with Crippen LogP contribution in [0.1, 0.15) is 15.9 Å². The van der Waals surface area contributed by atoms with Gasteiger partial charge in [0.25, 0.3) is 0 Å². The highest BCUT2D eigenvalue weighted by Crippen LogP contribution is 2.04. The van der Waals surface area contributed by atoms with Crippen molar-refractivity contribution in [2.24, 2.45) is 4.36 Å². The van der Waals surface area contributed by atoms with Gasteiger partial charge >= 0.3 is 10.5 Å². The van der Waals surface area contributed by atoms with Crippen molar-refractivity contribution in [3.8, 4) is 0 Å². The number of hydrogen-bond donors (Lipinski definition) is 0. The maximum Gasteiger partial charge on any atom is 0.311 e. The zero-order valence-corrected chi connectivity index (χ0v) is 7.49. The SMILES string of the molecule is O=Cc1cccc(CN=S(=O)=O)c1. The van der Waals surface area contributed by atoms with Gasteiger partial charge in [0, 0.05) is 5.56 Å². The van der Waals surface area contributed by atoms with E-state index in [0.717, 1.165) is 0 Å². The van der Waals surface area contributed by atoms with E-state index in [4.69, 9.17) is 0 Å². The van der Waals surface area contributed by atoms with Crippen molar-refractivity contribution in [2.45, 2.75) is 6.54 Å². The van der Waals surface area contributed by atoms with Crippen LogP contribution in [0.25, 0.3) is 0 Å². The van der Waals surface area contributed by atoms with Crippen molar-refractivity contribution in [1.82, 2.24) is 0 Å². The molecule has 0 N–H and O–H groups in total. The van der Waals surface area contributed by atoms with Gasteiger partial charge in [-0.15, -0.1) is 0 Å². The van der Waals surface area contributed by atoms with Gasteiger partial charge in [0.2, 0.25) is 0 Å².